The number of nitrogens with zero attached hydrogens (tertiary/aromatic N) is 4. The van der Waals surface area contributed by atoms with Crippen LogP contribution in [0.3, 0.4) is 0 Å². The van der Waals surface area contributed by atoms with Crippen LogP contribution in [0.1, 0.15) is 12.5 Å². The molecule has 0 aliphatic rings. The van der Waals surface area contributed by atoms with E-state index in [1.54, 1.807) is 24.3 Å². The second-order valence-corrected chi connectivity index (χ2v) is 7.16. The van der Waals surface area contributed by atoms with Crippen LogP contribution in [0.15, 0.2) is 64.9 Å². The number of carbonyl (C=O) groups excluding carboxylic acids is 1. The zero-order chi connectivity index (χ0) is 22.1. The number of ether oxygens (including phenoxy) is 1. The molecule has 3 aromatic rings. The van der Waals surface area contributed by atoms with E-state index in [1.807, 2.05) is 41.8 Å². The number of carboxylic acids is 1. The van der Waals surface area contributed by atoms with E-state index < -0.39 is 12.6 Å². The van der Waals surface area contributed by atoms with E-state index in [9.17, 15) is 9.59 Å². The van der Waals surface area contributed by atoms with Crippen LogP contribution in [-0.4, -0.2) is 50.3 Å². The Hall–Kier alpha value is -3.66. The maximum Gasteiger partial charge on any atom is 0.341 e. The van der Waals surface area contributed by atoms with Crippen LogP contribution in [0.25, 0.3) is 11.4 Å². The lowest BCUT2D eigenvalue weighted by Gasteiger charge is -2.07. The van der Waals surface area contributed by atoms with Crippen molar-refractivity contribution in [2.45, 2.75) is 18.6 Å². The minimum atomic E-state index is -1.08. The Morgan fingerprint density at radius 3 is 2.65 bits per heavy atom. The molecule has 2 aromatic carbocycles. The molecule has 0 fully saturated rings. The molecular weight excluding hydrogens is 418 g/mol. The van der Waals surface area contributed by atoms with Crippen LogP contribution in [0.5, 0.6) is 5.75 Å². The fourth-order valence-electron chi connectivity index (χ4n) is 2.68. The van der Waals surface area contributed by atoms with Gasteiger partial charge in [-0.25, -0.2) is 10.2 Å². The van der Waals surface area contributed by atoms with Gasteiger partial charge in [0, 0.05) is 17.7 Å². The molecule has 0 aliphatic heterocycles. The number of amides is 1. The third-order valence-electron chi connectivity index (χ3n) is 4.06. The van der Waals surface area contributed by atoms with Crippen LogP contribution in [0.4, 0.5) is 0 Å². The molecule has 0 atom stereocenters. The van der Waals surface area contributed by atoms with Gasteiger partial charge < -0.3 is 14.4 Å². The number of aliphatic carboxylic acids is 1. The molecule has 1 heterocycles. The third kappa shape index (κ3) is 6.16. The second kappa shape index (κ2) is 10.9. The van der Waals surface area contributed by atoms with Crippen LogP contribution in [0.2, 0.25) is 0 Å². The molecule has 10 heteroatoms. The Morgan fingerprint density at radius 2 is 1.90 bits per heavy atom. The highest BCUT2D eigenvalue weighted by molar-refractivity contribution is 7.99. The van der Waals surface area contributed by atoms with Gasteiger partial charge in [-0.15, -0.1) is 10.2 Å². The Labute approximate surface area is 183 Å². The van der Waals surface area contributed by atoms with Crippen molar-refractivity contribution in [3.05, 3.63) is 60.2 Å². The maximum absolute atomic E-state index is 12.2. The molecule has 1 aromatic heterocycles. The number of hydrogen-bond acceptors (Lipinski definition) is 7. The van der Waals surface area contributed by atoms with E-state index in [0.29, 0.717) is 23.0 Å². The summed E-state index contributed by atoms with van der Waals surface area (Å²) in [4.78, 5) is 22.8. The van der Waals surface area contributed by atoms with Crippen LogP contribution < -0.4 is 10.2 Å². The number of hydrogen-bond donors (Lipinski definition) is 2. The lowest BCUT2D eigenvalue weighted by atomic mass is 10.2. The highest BCUT2D eigenvalue weighted by Crippen LogP contribution is 2.23. The predicted octanol–water partition coefficient (Wildman–Crippen LogP) is 2.67. The van der Waals surface area contributed by atoms with Gasteiger partial charge in [0.05, 0.1) is 12.0 Å². The SMILES string of the molecule is CCn1c(SCC(=O)N/N=C\c2ccccc2OCC(=O)O)nnc1-c1ccccc1. The molecule has 1 amide bonds. The van der Waals surface area contributed by atoms with Gasteiger partial charge in [0.2, 0.25) is 0 Å². The van der Waals surface area contributed by atoms with Crippen molar-refractivity contribution >= 4 is 29.9 Å². The first kappa shape index (κ1) is 22.0. The molecule has 31 heavy (non-hydrogen) atoms. The maximum atomic E-state index is 12.2. The first-order valence-electron chi connectivity index (χ1n) is 9.45. The van der Waals surface area contributed by atoms with E-state index >= 15 is 0 Å². The fourth-order valence-corrected chi connectivity index (χ4v) is 3.47. The molecular formula is C21H21N5O4S. The quantitative estimate of drug-likeness (QED) is 0.283. The minimum Gasteiger partial charge on any atom is -0.481 e. The Morgan fingerprint density at radius 1 is 1.16 bits per heavy atom. The van der Waals surface area contributed by atoms with Crippen molar-refractivity contribution in [3.63, 3.8) is 0 Å². The van der Waals surface area contributed by atoms with Gasteiger partial charge in [-0.2, -0.15) is 5.10 Å². The summed E-state index contributed by atoms with van der Waals surface area (Å²) in [7, 11) is 0. The summed E-state index contributed by atoms with van der Waals surface area (Å²) < 4.78 is 7.15. The summed E-state index contributed by atoms with van der Waals surface area (Å²) in [5, 5.41) is 21.8. The van der Waals surface area contributed by atoms with Crippen molar-refractivity contribution < 1.29 is 19.4 Å². The van der Waals surface area contributed by atoms with Crippen LogP contribution in [-0.2, 0) is 16.1 Å². The number of nitrogens with one attached hydrogen (secondary N) is 1. The van der Waals surface area contributed by atoms with Crippen LogP contribution >= 0.6 is 11.8 Å². The standard InChI is InChI=1S/C21H21N5O4S/c1-2-26-20(15-8-4-3-5-9-15)24-25-21(26)31-14-18(27)23-22-12-16-10-6-7-11-17(16)30-13-19(28)29/h3-12H,2,13-14H2,1H3,(H,23,27)(H,28,29)/b22-12-. The first-order valence-corrected chi connectivity index (χ1v) is 10.4. The molecule has 0 saturated carbocycles. The smallest absolute Gasteiger partial charge is 0.341 e. The molecule has 0 bridgehead atoms. The molecule has 0 unspecified atom stereocenters. The van der Waals surface area contributed by atoms with Gasteiger partial charge >= 0.3 is 5.97 Å². The summed E-state index contributed by atoms with van der Waals surface area (Å²) in [6.07, 6.45) is 1.40. The number of carbonyl (C=O) groups is 2. The van der Waals surface area contributed by atoms with Gasteiger partial charge in [-0.05, 0) is 19.1 Å². The molecule has 0 spiro atoms. The summed E-state index contributed by atoms with van der Waals surface area (Å²) in [6.45, 7) is 2.21. The second-order valence-electron chi connectivity index (χ2n) is 6.22. The molecule has 0 radical (unpaired) electrons. The van der Waals surface area contributed by atoms with Gasteiger partial charge in [0.15, 0.2) is 17.6 Å². The van der Waals surface area contributed by atoms with E-state index in [2.05, 4.69) is 20.7 Å². The van der Waals surface area contributed by atoms with Crippen molar-refractivity contribution in [2.24, 2.45) is 5.10 Å². The van der Waals surface area contributed by atoms with Gasteiger partial charge in [-0.3, -0.25) is 4.79 Å². The average molecular weight is 439 g/mol. The number of aromatic nitrogens is 3. The van der Waals surface area contributed by atoms with E-state index in [4.69, 9.17) is 9.84 Å². The average Bonchev–Trinajstić information content (AvgIpc) is 3.20. The minimum absolute atomic E-state index is 0.113. The lowest BCUT2D eigenvalue weighted by molar-refractivity contribution is -0.139. The molecule has 0 aliphatic carbocycles. The molecule has 3 rings (SSSR count). The van der Waals surface area contributed by atoms with Gasteiger partial charge in [0.25, 0.3) is 5.91 Å². The fraction of sp³-hybridized carbons (Fsp3) is 0.190. The number of carboxylic acid groups (broad SMARTS) is 1. The normalized spacial score (nSPS) is 10.9. The summed E-state index contributed by atoms with van der Waals surface area (Å²) >= 11 is 1.27. The van der Waals surface area contributed by atoms with Crippen molar-refractivity contribution in [3.8, 4) is 17.1 Å². The Bertz CT molecular complexity index is 1070. The number of para-hydroxylation sites is 1. The number of benzene rings is 2. The topological polar surface area (TPSA) is 119 Å². The molecule has 160 valence electrons. The van der Waals surface area contributed by atoms with Crippen molar-refractivity contribution in [2.75, 3.05) is 12.4 Å². The van der Waals surface area contributed by atoms with Crippen LogP contribution in [0, 0.1) is 0 Å². The van der Waals surface area contributed by atoms with Gasteiger partial charge in [-0.1, -0.05) is 54.2 Å². The Kier molecular flexibility index (Phi) is 7.77. The molecule has 9 nitrogen and oxygen atoms in total. The largest absolute Gasteiger partial charge is 0.481 e. The highest BCUT2D eigenvalue weighted by Gasteiger charge is 2.14. The zero-order valence-corrected chi connectivity index (χ0v) is 17.6. The zero-order valence-electron chi connectivity index (χ0n) is 16.8. The number of rotatable bonds is 10. The lowest BCUT2D eigenvalue weighted by Crippen LogP contribution is -2.20. The summed E-state index contributed by atoms with van der Waals surface area (Å²) in [5.74, 6) is -0.158. The summed E-state index contributed by atoms with van der Waals surface area (Å²) in [5.41, 5.74) is 3.96. The van der Waals surface area contributed by atoms with E-state index in [-0.39, 0.29) is 11.7 Å². The number of thioether (sulfide) groups is 1. The number of hydrazone groups is 1. The van der Waals surface area contributed by atoms with E-state index in [0.717, 1.165) is 11.4 Å². The first-order chi connectivity index (χ1) is 15.1. The summed E-state index contributed by atoms with van der Waals surface area (Å²) in [6, 6.07) is 16.5. The van der Waals surface area contributed by atoms with Crippen molar-refractivity contribution in [1.29, 1.82) is 0 Å². The predicted molar refractivity (Wildman–Crippen MR) is 117 cm³/mol. The highest BCUT2D eigenvalue weighted by atomic mass is 32.2. The molecule has 2 N–H and O–H groups in total. The third-order valence-corrected chi connectivity index (χ3v) is 5.03. The monoisotopic (exact) mass is 439 g/mol. The molecule has 0 saturated heterocycles. The van der Waals surface area contributed by atoms with Gasteiger partial charge in [0.1, 0.15) is 5.75 Å². The van der Waals surface area contributed by atoms with E-state index in [1.165, 1.54) is 18.0 Å². The van der Waals surface area contributed by atoms with Crippen molar-refractivity contribution in [1.82, 2.24) is 20.2 Å². The Balaban J connectivity index is 1.57.